The van der Waals surface area contributed by atoms with Crippen molar-refractivity contribution in [3.63, 3.8) is 0 Å². The Morgan fingerprint density at radius 1 is 1.19 bits per heavy atom. The summed E-state index contributed by atoms with van der Waals surface area (Å²) in [5.41, 5.74) is 0. The lowest BCUT2D eigenvalue weighted by molar-refractivity contribution is -0.139. The molecule has 5 nitrogen and oxygen atoms in total. The third kappa shape index (κ3) is 5.65. The number of carbonyl (C=O) groups excluding carboxylic acids is 2. The van der Waals surface area contributed by atoms with Crippen molar-refractivity contribution in [2.24, 2.45) is 11.8 Å². The first-order chi connectivity index (χ1) is 9.70. The van der Waals surface area contributed by atoms with Crippen molar-refractivity contribution in [3.8, 4) is 0 Å². The third-order valence-electron chi connectivity index (χ3n) is 4.04. The van der Waals surface area contributed by atoms with E-state index >= 15 is 0 Å². The fourth-order valence-electron chi connectivity index (χ4n) is 3.03. The van der Waals surface area contributed by atoms with Crippen molar-refractivity contribution in [1.29, 1.82) is 0 Å². The van der Waals surface area contributed by atoms with E-state index in [-0.39, 0.29) is 30.4 Å². The molecule has 0 radical (unpaired) electrons. The van der Waals surface area contributed by atoms with E-state index < -0.39 is 0 Å². The number of nitrogens with zero attached hydrogens (tertiary/aromatic N) is 2. The van der Waals surface area contributed by atoms with E-state index in [9.17, 15) is 9.59 Å². The molecule has 2 amide bonds. The summed E-state index contributed by atoms with van der Waals surface area (Å²) in [5.74, 6) is 1.21. The Morgan fingerprint density at radius 3 is 2.19 bits per heavy atom. The van der Waals surface area contributed by atoms with Crippen LogP contribution in [-0.4, -0.2) is 60.4 Å². The number of rotatable bonds is 5. The van der Waals surface area contributed by atoms with Gasteiger partial charge in [0, 0.05) is 19.1 Å². The molecule has 5 heteroatoms. The zero-order valence-electron chi connectivity index (χ0n) is 14.3. The Morgan fingerprint density at radius 2 is 1.71 bits per heavy atom. The summed E-state index contributed by atoms with van der Waals surface area (Å²) in [5, 5.41) is 2.86. The summed E-state index contributed by atoms with van der Waals surface area (Å²) < 4.78 is 0. The van der Waals surface area contributed by atoms with E-state index in [1.54, 1.807) is 0 Å². The molecule has 1 rings (SSSR count). The van der Waals surface area contributed by atoms with Gasteiger partial charge in [0.15, 0.2) is 0 Å². The third-order valence-corrected chi connectivity index (χ3v) is 4.04. The monoisotopic (exact) mass is 297 g/mol. The lowest BCUT2D eigenvalue weighted by Gasteiger charge is -2.38. The van der Waals surface area contributed by atoms with Crippen LogP contribution >= 0.6 is 0 Å². The largest absolute Gasteiger partial charge is 0.353 e. The Bertz CT molecular complexity index is 361. The first kappa shape index (κ1) is 18.0. The summed E-state index contributed by atoms with van der Waals surface area (Å²) in [6.07, 6.45) is 1.19. The van der Waals surface area contributed by atoms with Crippen LogP contribution in [0.1, 0.15) is 41.0 Å². The van der Waals surface area contributed by atoms with Gasteiger partial charge in [-0.15, -0.1) is 0 Å². The molecule has 0 aromatic rings. The van der Waals surface area contributed by atoms with Crippen molar-refractivity contribution in [2.45, 2.75) is 53.1 Å². The Kier molecular flexibility index (Phi) is 6.65. The van der Waals surface area contributed by atoms with E-state index in [1.165, 1.54) is 6.42 Å². The number of hydrogen-bond donors (Lipinski definition) is 1. The second-order valence-corrected chi connectivity index (χ2v) is 7.00. The van der Waals surface area contributed by atoms with Crippen LogP contribution in [-0.2, 0) is 9.59 Å². The zero-order chi connectivity index (χ0) is 16.2. The van der Waals surface area contributed by atoms with Crippen molar-refractivity contribution in [1.82, 2.24) is 15.1 Å². The highest BCUT2D eigenvalue weighted by Gasteiger charge is 2.30. The van der Waals surface area contributed by atoms with E-state index in [1.807, 2.05) is 37.6 Å². The Balaban J connectivity index is 2.54. The summed E-state index contributed by atoms with van der Waals surface area (Å²) >= 11 is 0. The van der Waals surface area contributed by atoms with Crippen molar-refractivity contribution >= 4 is 11.8 Å². The molecular weight excluding hydrogens is 266 g/mol. The molecule has 1 N–H and O–H groups in total. The fraction of sp³-hybridized carbons (Fsp3) is 0.875. The molecule has 0 bridgehead atoms. The summed E-state index contributed by atoms with van der Waals surface area (Å²) in [7, 11) is 1.83. The highest BCUT2D eigenvalue weighted by molar-refractivity contribution is 5.83. The van der Waals surface area contributed by atoms with Gasteiger partial charge in [0.25, 0.3) is 0 Å². The number of carbonyl (C=O) groups is 2. The first-order valence-electron chi connectivity index (χ1n) is 7.99. The van der Waals surface area contributed by atoms with Crippen molar-refractivity contribution in [2.75, 3.05) is 26.7 Å². The van der Waals surface area contributed by atoms with Crippen molar-refractivity contribution in [3.05, 3.63) is 0 Å². The average molecular weight is 297 g/mol. The lowest BCUT2D eigenvalue weighted by atomic mass is 9.91. The fourth-order valence-corrected chi connectivity index (χ4v) is 3.03. The van der Waals surface area contributed by atoms with Crippen molar-refractivity contribution < 1.29 is 9.59 Å². The van der Waals surface area contributed by atoms with Crippen LogP contribution in [0.2, 0.25) is 0 Å². The average Bonchev–Trinajstić information content (AvgIpc) is 2.34. The molecule has 122 valence electrons. The molecule has 0 unspecified atom stereocenters. The molecule has 1 fully saturated rings. The maximum Gasteiger partial charge on any atom is 0.239 e. The van der Waals surface area contributed by atoms with Gasteiger partial charge in [0.2, 0.25) is 11.8 Å². The standard InChI is InChI=1S/C16H31N3O2/c1-11(2)17-15(20)10-18(6)14(5)16(21)19-8-12(3)7-13(4)9-19/h11-14H,7-10H2,1-6H3,(H,17,20)/t12-,13-,14+/m0/s1. The number of piperidine rings is 1. The maximum atomic E-state index is 12.6. The molecule has 21 heavy (non-hydrogen) atoms. The SMILES string of the molecule is CC(C)NC(=O)CN(C)[C@H](C)C(=O)N1C[C@@H](C)C[C@H](C)C1. The highest BCUT2D eigenvalue weighted by Crippen LogP contribution is 2.21. The zero-order valence-corrected chi connectivity index (χ0v) is 14.3. The van der Waals surface area contributed by atoms with Gasteiger partial charge in [-0.3, -0.25) is 14.5 Å². The van der Waals surface area contributed by atoms with Gasteiger partial charge in [-0.05, 0) is 46.1 Å². The molecule has 0 spiro atoms. The van der Waals surface area contributed by atoms with E-state index in [2.05, 4.69) is 19.2 Å². The topological polar surface area (TPSA) is 52.7 Å². The van der Waals surface area contributed by atoms with E-state index in [0.29, 0.717) is 11.8 Å². The number of likely N-dealkylation sites (N-methyl/N-ethyl adjacent to an activating group) is 1. The first-order valence-corrected chi connectivity index (χ1v) is 7.99. The summed E-state index contributed by atoms with van der Waals surface area (Å²) in [6, 6.07) is -0.138. The molecule has 1 aliphatic rings. The molecule has 0 aromatic carbocycles. The number of hydrogen-bond acceptors (Lipinski definition) is 3. The second kappa shape index (κ2) is 7.78. The molecule has 0 aliphatic carbocycles. The Labute approximate surface area is 129 Å². The molecule has 0 aromatic heterocycles. The van der Waals surface area contributed by atoms with Crippen LogP contribution in [0, 0.1) is 11.8 Å². The molecule has 1 heterocycles. The molecule has 1 saturated heterocycles. The van der Waals surface area contributed by atoms with E-state index in [0.717, 1.165) is 13.1 Å². The number of amides is 2. The minimum atomic E-state index is -0.264. The molecule has 1 aliphatic heterocycles. The minimum Gasteiger partial charge on any atom is -0.353 e. The quantitative estimate of drug-likeness (QED) is 0.833. The van der Waals surface area contributed by atoms with Gasteiger partial charge in [0.05, 0.1) is 12.6 Å². The number of nitrogens with one attached hydrogen (secondary N) is 1. The van der Waals surface area contributed by atoms with Gasteiger partial charge < -0.3 is 10.2 Å². The smallest absolute Gasteiger partial charge is 0.239 e. The van der Waals surface area contributed by atoms with E-state index in [4.69, 9.17) is 0 Å². The van der Waals surface area contributed by atoms with Crippen LogP contribution in [0.4, 0.5) is 0 Å². The predicted molar refractivity (Wildman–Crippen MR) is 84.9 cm³/mol. The van der Waals surface area contributed by atoms with Crippen LogP contribution < -0.4 is 5.32 Å². The van der Waals surface area contributed by atoms with Gasteiger partial charge in [0.1, 0.15) is 0 Å². The van der Waals surface area contributed by atoms with Crippen LogP contribution in [0.25, 0.3) is 0 Å². The number of likely N-dealkylation sites (tertiary alicyclic amines) is 1. The summed E-state index contributed by atoms with van der Waals surface area (Å²) in [4.78, 5) is 28.2. The summed E-state index contributed by atoms with van der Waals surface area (Å²) in [6.45, 7) is 12.1. The lowest BCUT2D eigenvalue weighted by Crippen LogP contribution is -2.52. The maximum absolute atomic E-state index is 12.6. The van der Waals surface area contributed by atoms with Gasteiger partial charge in [-0.1, -0.05) is 13.8 Å². The van der Waals surface area contributed by atoms with Crippen LogP contribution in [0.15, 0.2) is 0 Å². The normalized spacial score (nSPS) is 24.3. The Hall–Kier alpha value is -1.10. The molecule has 0 saturated carbocycles. The predicted octanol–water partition coefficient (Wildman–Crippen LogP) is 1.34. The van der Waals surface area contributed by atoms with Gasteiger partial charge in [-0.2, -0.15) is 0 Å². The van der Waals surface area contributed by atoms with Gasteiger partial charge in [-0.25, -0.2) is 0 Å². The van der Waals surface area contributed by atoms with Crippen LogP contribution in [0.3, 0.4) is 0 Å². The molecular formula is C16H31N3O2. The van der Waals surface area contributed by atoms with Crippen LogP contribution in [0.5, 0.6) is 0 Å². The second-order valence-electron chi connectivity index (χ2n) is 7.00. The highest BCUT2D eigenvalue weighted by atomic mass is 16.2. The minimum absolute atomic E-state index is 0.0347. The molecule has 3 atom stereocenters. The van der Waals surface area contributed by atoms with Gasteiger partial charge >= 0.3 is 0 Å².